The second-order valence-corrected chi connectivity index (χ2v) is 4.24. The molecule has 3 heteroatoms. The number of halogens is 1. The highest BCUT2D eigenvalue weighted by Gasteiger charge is 2.06. The minimum atomic E-state index is -0.415. The summed E-state index contributed by atoms with van der Waals surface area (Å²) in [6.45, 7) is 7.22. The topological polar surface area (TPSA) is 29.1 Å². The highest BCUT2D eigenvalue weighted by Crippen LogP contribution is 2.11. The number of nitrogens with one attached hydrogen (secondary N) is 1. The van der Waals surface area contributed by atoms with Gasteiger partial charge in [-0.3, -0.25) is 4.79 Å². The molecule has 0 aliphatic heterocycles. The largest absolute Gasteiger partial charge is 0.322 e. The molecule has 2 nitrogen and oxygen atoms in total. The van der Waals surface area contributed by atoms with Gasteiger partial charge in [0.15, 0.2) is 0 Å². The van der Waals surface area contributed by atoms with Crippen molar-refractivity contribution in [2.75, 3.05) is 5.32 Å². The summed E-state index contributed by atoms with van der Waals surface area (Å²) in [5.74, 6) is -0.727. The third-order valence-corrected chi connectivity index (χ3v) is 2.40. The van der Waals surface area contributed by atoms with E-state index in [9.17, 15) is 9.18 Å². The summed E-state index contributed by atoms with van der Waals surface area (Å²) in [4.78, 5) is 11.8. The Morgan fingerprint density at radius 2 is 1.80 bits per heavy atom. The van der Waals surface area contributed by atoms with Crippen molar-refractivity contribution in [3.63, 3.8) is 0 Å². The normalized spacial score (nSPS) is 9.15. The number of rotatable bonds is 2. The van der Waals surface area contributed by atoms with Crippen LogP contribution in [0.5, 0.6) is 0 Å². The van der Waals surface area contributed by atoms with Gasteiger partial charge in [-0.05, 0) is 44.2 Å². The summed E-state index contributed by atoms with van der Waals surface area (Å²) < 4.78 is 12.9. The third-order valence-electron chi connectivity index (χ3n) is 2.40. The van der Waals surface area contributed by atoms with Crippen LogP contribution in [0.2, 0.25) is 0 Å². The SMILES string of the molecule is C=CC.Cc1ccc(NC(=O)c2cccc(F)c2)cc1. The van der Waals surface area contributed by atoms with E-state index in [1.54, 1.807) is 12.1 Å². The molecule has 2 aromatic rings. The number of carbonyl (C=O) groups excluding carboxylic acids is 1. The van der Waals surface area contributed by atoms with E-state index in [4.69, 9.17) is 0 Å². The smallest absolute Gasteiger partial charge is 0.255 e. The predicted molar refractivity (Wildman–Crippen MR) is 81.4 cm³/mol. The van der Waals surface area contributed by atoms with Gasteiger partial charge in [0.05, 0.1) is 0 Å². The molecule has 0 saturated heterocycles. The van der Waals surface area contributed by atoms with E-state index >= 15 is 0 Å². The molecule has 2 aromatic carbocycles. The van der Waals surface area contributed by atoms with E-state index in [1.165, 1.54) is 18.2 Å². The Morgan fingerprint density at radius 1 is 1.20 bits per heavy atom. The summed E-state index contributed by atoms with van der Waals surface area (Å²) in [5, 5.41) is 2.71. The number of amides is 1. The maximum Gasteiger partial charge on any atom is 0.255 e. The average Bonchev–Trinajstić information content (AvgIpc) is 2.42. The molecule has 0 aliphatic carbocycles. The van der Waals surface area contributed by atoms with Gasteiger partial charge < -0.3 is 5.32 Å². The Bertz CT molecular complexity index is 576. The number of aryl methyl sites for hydroxylation is 1. The van der Waals surface area contributed by atoms with Crippen LogP contribution in [-0.2, 0) is 0 Å². The fraction of sp³-hybridized carbons (Fsp3) is 0.118. The van der Waals surface area contributed by atoms with Gasteiger partial charge in [-0.15, -0.1) is 6.58 Å². The number of hydrogen-bond donors (Lipinski definition) is 1. The zero-order valence-electron chi connectivity index (χ0n) is 11.7. The highest BCUT2D eigenvalue weighted by atomic mass is 19.1. The molecule has 0 fully saturated rings. The lowest BCUT2D eigenvalue weighted by Crippen LogP contribution is -2.11. The number of benzene rings is 2. The van der Waals surface area contributed by atoms with Gasteiger partial charge in [0, 0.05) is 11.3 Å². The van der Waals surface area contributed by atoms with Gasteiger partial charge in [-0.2, -0.15) is 0 Å². The standard InChI is InChI=1S/C14H12FNO.C3H6/c1-10-5-7-13(8-6-10)16-14(17)11-3-2-4-12(15)9-11;1-3-2/h2-9H,1H3,(H,16,17);3H,1H2,2H3. The molecular weight excluding hydrogens is 253 g/mol. The van der Waals surface area contributed by atoms with Crippen LogP contribution in [0.15, 0.2) is 61.2 Å². The van der Waals surface area contributed by atoms with Crippen molar-refractivity contribution in [2.24, 2.45) is 0 Å². The molecule has 1 N–H and O–H groups in total. The second kappa shape index (κ2) is 7.89. The van der Waals surface area contributed by atoms with E-state index < -0.39 is 5.82 Å². The number of carbonyl (C=O) groups is 1. The van der Waals surface area contributed by atoms with Crippen LogP contribution in [0.3, 0.4) is 0 Å². The monoisotopic (exact) mass is 271 g/mol. The molecule has 0 spiro atoms. The van der Waals surface area contributed by atoms with Crippen molar-refractivity contribution in [1.29, 1.82) is 0 Å². The molecule has 2 rings (SSSR count). The second-order valence-electron chi connectivity index (χ2n) is 4.24. The first-order chi connectivity index (χ1) is 9.56. The summed E-state index contributed by atoms with van der Waals surface area (Å²) in [5.41, 5.74) is 2.13. The highest BCUT2D eigenvalue weighted by molar-refractivity contribution is 6.04. The van der Waals surface area contributed by atoms with Crippen LogP contribution in [0.1, 0.15) is 22.8 Å². The molecule has 0 radical (unpaired) electrons. The van der Waals surface area contributed by atoms with Gasteiger partial charge in [0.25, 0.3) is 5.91 Å². The quantitative estimate of drug-likeness (QED) is 0.796. The van der Waals surface area contributed by atoms with Crippen LogP contribution in [0.4, 0.5) is 10.1 Å². The summed E-state index contributed by atoms with van der Waals surface area (Å²) >= 11 is 0. The van der Waals surface area contributed by atoms with Crippen LogP contribution >= 0.6 is 0 Å². The number of hydrogen-bond acceptors (Lipinski definition) is 1. The Morgan fingerprint density at radius 3 is 2.35 bits per heavy atom. The van der Waals surface area contributed by atoms with Crippen LogP contribution in [0, 0.1) is 12.7 Å². The summed E-state index contributed by atoms with van der Waals surface area (Å²) in [6.07, 6.45) is 1.75. The summed E-state index contributed by atoms with van der Waals surface area (Å²) in [7, 11) is 0. The Kier molecular flexibility index (Phi) is 6.17. The Labute approximate surface area is 119 Å². The van der Waals surface area contributed by atoms with Crippen LogP contribution < -0.4 is 5.32 Å². The third kappa shape index (κ3) is 5.06. The molecule has 20 heavy (non-hydrogen) atoms. The van der Waals surface area contributed by atoms with Crippen LogP contribution in [-0.4, -0.2) is 5.91 Å². The van der Waals surface area contributed by atoms with E-state index in [1.807, 2.05) is 38.1 Å². The Balaban J connectivity index is 0.000000612. The zero-order valence-corrected chi connectivity index (χ0v) is 11.7. The van der Waals surface area contributed by atoms with Crippen molar-refractivity contribution >= 4 is 11.6 Å². The fourth-order valence-electron chi connectivity index (χ4n) is 1.47. The van der Waals surface area contributed by atoms with E-state index in [2.05, 4.69) is 11.9 Å². The van der Waals surface area contributed by atoms with Crippen molar-refractivity contribution in [2.45, 2.75) is 13.8 Å². The fourth-order valence-corrected chi connectivity index (χ4v) is 1.47. The number of allylic oxidation sites excluding steroid dienone is 1. The predicted octanol–water partition coefficient (Wildman–Crippen LogP) is 4.58. The molecule has 0 aromatic heterocycles. The lowest BCUT2D eigenvalue weighted by atomic mass is 10.2. The lowest BCUT2D eigenvalue weighted by Gasteiger charge is -2.05. The molecular formula is C17H18FNO. The maximum absolute atomic E-state index is 12.9. The average molecular weight is 271 g/mol. The first-order valence-electron chi connectivity index (χ1n) is 6.27. The molecule has 0 bridgehead atoms. The van der Waals surface area contributed by atoms with E-state index in [-0.39, 0.29) is 5.91 Å². The molecule has 1 amide bonds. The summed E-state index contributed by atoms with van der Waals surface area (Å²) in [6, 6.07) is 13.0. The van der Waals surface area contributed by atoms with Gasteiger partial charge in [0.1, 0.15) is 5.82 Å². The number of anilines is 1. The zero-order chi connectivity index (χ0) is 15.0. The minimum absolute atomic E-state index is 0.311. The molecule has 0 heterocycles. The Hall–Kier alpha value is -2.42. The van der Waals surface area contributed by atoms with Crippen molar-refractivity contribution < 1.29 is 9.18 Å². The van der Waals surface area contributed by atoms with Crippen molar-refractivity contribution in [3.8, 4) is 0 Å². The van der Waals surface area contributed by atoms with Gasteiger partial charge in [-0.25, -0.2) is 4.39 Å². The van der Waals surface area contributed by atoms with Gasteiger partial charge in [0.2, 0.25) is 0 Å². The van der Waals surface area contributed by atoms with Crippen molar-refractivity contribution in [3.05, 3.63) is 78.1 Å². The molecule has 0 aliphatic rings. The first-order valence-corrected chi connectivity index (χ1v) is 6.27. The van der Waals surface area contributed by atoms with Gasteiger partial charge >= 0.3 is 0 Å². The first kappa shape index (κ1) is 15.6. The van der Waals surface area contributed by atoms with Crippen molar-refractivity contribution in [1.82, 2.24) is 0 Å². The lowest BCUT2D eigenvalue weighted by molar-refractivity contribution is 0.102. The molecule has 104 valence electrons. The van der Waals surface area contributed by atoms with E-state index in [0.717, 1.165) is 5.56 Å². The molecule has 0 unspecified atom stereocenters. The molecule has 0 atom stereocenters. The minimum Gasteiger partial charge on any atom is -0.322 e. The molecule has 0 saturated carbocycles. The van der Waals surface area contributed by atoms with Gasteiger partial charge in [-0.1, -0.05) is 29.8 Å². The van der Waals surface area contributed by atoms with Crippen LogP contribution in [0.25, 0.3) is 0 Å². The maximum atomic E-state index is 12.9. The van der Waals surface area contributed by atoms with E-state index in [0.29, 0.717) is 11.3 Å².